The Morgan fingerprint density at radius 2 is 2.05 bits per heavy atom. The lowest BCUT2D eigenvalue weighted by molar-refractivity contribution is 0.102. The Hall–Kier alpha value is -2.27. The van der Waals surface area contributed by atoms with Crippen molar-refractivity contribution in [1.82, 2.24) is 0 Å². The minimum Gasteiger partial charge on any atom is -0.497 e. The predicted octanol–water partition coefficient (Wildman–Crippen LogP) is 3.32. The van der Waals surface area contributed by atoms with Crippen molar-refractivity contribution in [3.63, 3.8) is 0 Å². The maximum Gasteiger partial charge on any atom is 0.257 e. The number of nitrogens with two attached hydrogens (primary N) is 1. The first-order valence-corrected chi connectivity index (χ1v) is 6.09. The van der Waals surface area contributed by atoms with E-state index in [1.807, 2.05) is 0 Å². The molecule has 0 aromatic heterocycles. The molecular formula is C14H12ClFN2O2. The second kappa shape index (κ2) is 5.79. The first-order chi connectivity index (χ1) is 9.51. The third kappa shape index (κ3) is 3.00. The summed E-state index contributed by atoms with van der Waals surface area (Å²) in [5.74, 6) is -0.683. The van der Waals surface area contributed by atoms with Crippen LogP contribution in [0.1, 0.15) is 10.4 Å². The topological polar surface area (TPSA) is 64.3 Å². The summed E-state index contributed by atoms with van der Waals surface area (Å²) in [6.07, 6.45) is 0. The first kappa shape index (κ1) is 14.1. The van der Waals surface area contributed by atoms with Gasteiger partial charge in [-0.2, -0.15) is 0 Å². The third-order valence-corrected chi connectivity index (χ3v) is 2.92. The zero-order valence-electron chi connectivity index (χ0n) is 10.6. The molecule has 2 aromatic rings. The molecule has 0 aliphatic rings. The molecule has 0 fully saturated rings. The van der Waals surface area contributed by atoms with E-state index < -0.39 is 11.7 Å². The van der Waals surface area contributed by atoms with E-state index in [1.165, 1.54) is 37.4 Å². The van der Waals surface area contributed by atoms with Crippen LogP contribution in [0.4, 0.5) is 15.8 Å². The van der Waals surface area contributed by atoms with Gasteiger partial charge in [0.15, 0.2) is 0 Å². The first-order valence-electron chi connectivity index (χ1n) is 5.71. The fourth-order valence-electron chi connectivity index (χ4n) is 1.64. The summed E-state index contributed by atoms with van der Waals surface area (Å²) in [5, 5.41) is 2.81. The molecular weight excluding hydrogens is 283 g/mol. The van der Waals surface area contributed by atoms with Crippen LogP contribution >= 0.6 is 11.6 Å². The Kier molecular flexibility index (Phi) is 4.10. The van der Waals surface area contributed by atoms with Crippen molar-refractivity contribution < 1.29 is 13.9 Å². The van der Waals surface area contributed by atoms with Crippen LogP contribution in [0.15, 0.2) is 36.4 Å². The fourth-order valence-corrected chi connectivity index (χ4v) is 1.81. The highest BCUT2D eigenvalue weighted by atomic mass is 35.5. The van der Waals surface area contributed by atoms with Crippen LogP contribution in [0.5, 0.6) is 5.75 Å². The number of amides is 1. The molecule has 2 aromatic carbocycles. The molecule has 3 N–H and O–H groups in total. The smallest absolute Gasteiger partial charge is 0.257 e. The fraction of sp³-hybridized carbons (Fsp3) is 0.0714. The van der Waals surface area contributed by atoms with E-state index in [1.54, 1.807) is 6.07 Å². The molecule has 0 heterocycles. The summed E-state index contributed by atoms with van der Waals surface area (Å²) in [5.41, 5.74) is 6.15. The van der Waals surface area contributed by atoms with Gasteiger partial charge in [-0.3, -0.25) is 4.79 Å². The van der Waals surface area contributed by atoms with Crippen molar-refractivity contribution in [1.29, 1.82) is 0 Å². The number of carbonyl (C=O) groups excluding carboxylic acids is 1. The summed E-state index contributed by atoms with van der Waals surface area (Å²) >= 11 is 5.81. The summed E-state index contributed by atoms with van der Waals surface area (Å²) in [4.78, 5) is 12.1. The van der Waals surface area contributed by atoms with Gasteiger partial charge >= 0.3 is 0 Å². The number of nitrogens with one attached hydrogen (secondary N) is 1. The van der Waals surface area contributed by atoms with Crippen molar-refractivity contribution in [2.45, 2.75) is 0 Å². The lowest BCUT2D eigenvalue weighted by Gasteiger charge is -2.10. The Morgan fingerprint density at radius 3 is 2.75 bits per heavy atom. The number of halogens is 2. The zero-order valence-corrected chi connectivity index (χ0v) is 11.4. The lowest BCUT2D eigenvalue weighted by atomic mass is 10.1. The maximum atomic E-state index is 13.6. The van der Waals surface area contributed by atoms with Gasteiger partial charge in [-0.15, -0.1) is 0 Å². The van der Waals surface area contributed by atoms with Crippen LogP contribution in [0.3, 0.4) is 0 Å². The molecule has 0 atom stereocenters. The van der Waals surface area contributed by atoms with Gasteiger partial charge in [0.2, 0.25) is 0 Å². The molecule has 20 heavy (non-hydrogen) atoms. The maximum absolute atomic E-state index is 13.6. The molecule has 0 bridgehead atoms. The van der Waals surface area contributed by atoms with Crippen LogP contribution in [0.2, 0.25) is 5.02 Å². The zero-order chi connectivity index (χ0) is 14.7. The molecule has 4 nitrogen and oxygen atoms in total. The summed E-state index contributed by atoms with van der Waals surface area (Å²) in [6, 6.07) is 8.55. The van der Waals surface area contributed by atoms with Crippen molar-refractivity contribution in [3.05, 3.63) is 52.8 Å². The standard InChI is InChI=1S/C14H12ClFN2O2/c1-20-9-3-4-11(16)13(7-9)18-14(19)10-6-8(15)2-5-12(10)17/h2-7H,17H2,1H3,(H,18,19). The number of rotatable bonds is 3. The van der Waals surface area contributed by atoms with Gasteiger partial charge < -0.3 is 15.8 Å². The lowest BCUT2D eigenvalue weighted by Crippen LogP contribution is -2.15. The van der Waals surface area contributed by atoms with Gasteiger partial charge in [-0.25, -0.2) is 4.39 Å². The number of methoxy groups -OCH3 is 1. The van der Waals surface area contributed by atoms with E-state index in [0.29, 0.717) is 10.8 Å². The highest BCUT2D eigenvalue weighted by molar-refractivity contribution is 6.31. The van der Waals surface area contributed by atoms with Crippen molar-refractivity contribution in [3.8, 4) is 5.75 Å². The molecule has 0 unspecified atom stereocenters. The molecule has 0 radical (unpaired) electrons. The Balaban J connectivity index is 2.30. The van der Waals surface area contributed by atoms with E-state index in [0.717, 1.165) is 0 Å². The normalized spacial score (nSPS) is 10.2. The van der Waals surface area contributed by atoms with Crippen LogP contribution in [0, 0.1) is 5.82 Å². The van der Waals surface area contributed by atoms with E-state index >= 15 is 0 Å². The Bertz CT molecular complexity index is 662. The number of anilines is 2. The van der Waals surface area contributed by atoms with Gasteiger partial charge in [0, 0.05) is 16.8 Å². The Morgan fingerprint density at radius 1 is 1.30 bits per heavy atom. The van der Waals surface area contributed by atoms with Crippen LogP contribution in [0.25, 0.3) is 0 Å². The number of nitrogen functional groups attached to an aromatic ring is 1. The highest BCUT2D eigenvalue weighted by Crippen LogP contribution is 2.23. The second-order valence-electron chi connectivity index (χ2n) is 4.03. The van der Waals surface area contributed by atoms with Gasteiger partial charge in [0.05, 0.1) is 18.4 Å². The molecule has 0 saturated heterocycles. The average molecular weight is 295 g/mol. The van der Waals surface area contributed by atoms with Gasteiger partial charge in [0.25, 0.3) is 5.91 Å². The number of carbonyl (C=O) groups is 1. The number of benzene rings is 2. The van der Waals surface area contributed by atoms with Crippen molar-refractivity contribution in [2.24, 2.45) is 0 Å². The van der Waals surface area contributed by atoms with E-state index in [4.69, 9.17) is 22.1 Å². The minimum absolute atomic E-state index is 0.00808. The summed E-state index contributed by atoms with van der Waals surface area (Å²) in [6.45, 7) is 0. The molecule has 1 amide bonds. The van der Waals surface area contributed by atoms with Crippen molar-refractivity contribution in [2.75, 3.05) is 18.2 Å². The average Bonchev–Trinajstić information content (AvgIpc) is 2.43. The molecule has 6 heteroatoms. The van der Waals surface area contributed by atoms with Crippen LogP contribution < -0.4 is 15.8 Å². The molecule has 0 saturated carbocycles. The monoisotopic (exact) mass is 294 g/mol. The summed E-state index contributed by atoms with van der Waals surface area (Å²) < 4.78 is 18.6. The van der Waals surface area contributed by atoms with Crippen LogP contribution in [-0.4, -0.2) is 13.0 Å². The minimum atomic E-state index is -0.570. The molecule has 0 aliphatic carbocycles. The number of hydrogen-bond donors (Lipinski definition) is 2. The predicted molar refractivity (Wildman–Crippen MR) is 76.8 cm³/mol. The van der Waals surface area contributed by atoms with Gasteiger partial charge in [-0.05, 0) is 30.3 Å². The van der Waals surface area contributed by atoms with Gasteiger partial charge in [0.1, 0.15) is 11.6 Å². The van der Waals surface area contributed by atoms with Gasteiger partial charge in [-0.1, -0.05) is 11.6 Å². The third-order valence-electron chi connectivity index (χ3n) is 2.68. The van der Waals surface area contributed by atoms with E-state index in [9.17, 15) is 9.18 Å². The number of ether oxygens (including phenoxy) is 1. The Labute approximate surface area is 120 Å². The van der Waals surface area contributed by atoms with E-state index in [-0.39, 0.29) is 16.9 Å². The molecule has 0 aliphatic heterocycles. The van der Waals surface area contributed by atoms with E-state index in [2.05, 4.69) is 5.32 Å². The van der Waals surface area contributed by atoms with Crippen molar-refractivity contribution >= 4 is 28.9 Å². The second-order valence-corrected chi connectivity index (χ2v) is 4.47. The largest absolute Gasteiger partial charge is 0.497 e. The molecule has 104 valence electrons. The molecule has 0 spiro atoms. The van der Waals surface area contributed by atoms with Crippen LogP contribution in [-0.2, 0) is 0 Å². The number of hydrogen-bond acceptors (Lipinski definition) is 3. The molecule has 2 rings (SSSR count). The SMILES string of the molecule is COc1ccc(F)c(NC(=O)c2cc(Cl)ccc2N)c1. The summed E-state index contributed by atoms with van der Waals surface area (Å²) in [7, 11) is 1.45. The highest BCUT2D eigenvalue weighted by Gasteiger charge is 2.13. The quantitative estimate of drug-likeness (QED) is 0.854.